The van der Waals surface area contributed by atoms with Crippen LogP contribution < -0.4 is 10.6 Å². The fourth-order valence-corrected chi connectivity index (χ4v) is 4.35. The number of nitrogens with zero attached hydrogens (tertiary/aromatic N) is 2. The summed E-state index contributed by atoms with van der Waals surface area (Å²) in [4.78, 5) is 5.22. The van der Waals surface area contributed by atoms with Gasteiger partial charge in [-0.3, -0.25) is 20.4 Å². The molecule has 22 heavy (non-hydrogen) atoms. The second-order valence-electron chi connectivity index (χ2n) is 7.58. The first-order chi connectivity index (χ1) is 10.9. The molecule has 2 heterocycles. The van der Waals surface area contributed by atoms with Gasteiger partial charge in [0.25, 0.3) is 0 Å². The quantitative estimate of drug-likeness (QED) is 0.789. The van der Waals surface area contributed by atoms with Crippen molar-refractivity contribution in [2.45, 2.75) is 76.3 Å². The van der Waals surface area contributed by atoms with Crippen molar-refractivity contribution >= 4 is 0 Å². The van der Waals surface area contributed by atoms with Crippen molar-refractivity contribution in [2.24, 2.45) is 0 Å². The van der Waals surface area contributed by atoms with Gasteiger partial charge in [-0.2, -0.15) is 0 Å². The predicted molar refractivity (Wildman–Crippen MR) is 92.9 cm³/mol. The van der Waals surface area contributed by atoms with Crippen LogP contribution in [-0.2, 0) is 0 Å². The molecule has 2 N–H and O–H groups in total. The Kier molecular flexibility index (Phi) is 6.99. The summed E-state index contributed by atoms with van der Waals surface area (Å²) in [7, 11) is 0. The van der Waals surface area contributed by atoms with Crippen LogP contribution in [0.2, 0.25) is 0 Å². The molecular formula is C18H36N4. The Morgan fingerprint density at radius 2 is 0.955 bits per heavy atom. The zero-order valence-electron chi connectivity index (χ0n) is 14.4. The van der Waals surface area contributed by atoms with E-state index in [1.165, 1.54) is 90.4 Å². The molecule has 0 radical (unpaired) electrons. The fourth-order valence-electron chi connectivity index (χ4n) is 4.35. The van der Waals surface area contributed by atoms with E-state index in [2.05, 4.69) is 20.4 Å². The largest absolute Gasteiger partial charge is 0.300 e. The molecule has 3 aliphatic rings. The van der Waals surface area contributed by atoms with Crippen molar-refractivity contribution in [3.8, 4) is 0 Å². The van der Waals surface area contributed by atoms with Crippen LogP contribution in [0.4, 0.5) is 0 Å². The molecule has 1 saturated carbocycles. The first-order valence-corrected chi connectivity index (χ1v) is 9.83. The van der Waals surface area contributed by atoms with Crippen molar-refractivity contribution in [1.82, 2.24) is 20.4 Å². The third-order valence-corrected chi connectivity index (χ3v) is 5.82. The summed E-state index contributed by atoms with van der Waals surface area (Å²) >= 11 is 0. The molecule has 0 aromatic heterocycles. The number of hydrogen-bond acceptors (Lipinski definition) is 4. The van der Waals surface area contributed by atoms with E-state index in [4.69, 9.17) is 0 Å². The lowest BCUT2D eigenvalue weighted by atomic mass is 9.90. The minimum atomic E-state index is 0.681. The highest BCUT2D eigenvalue weighted by molar-refractivity contribution is 4.86. The molecule has 4 nitrogen and oxygen atoms in total. The minimum Gasteiger partial charge on any atom is -0.300 e. The Hall–Kier alpha value is -0.160. The Morgan fingerprint density at radius 3 is 1.36 bits per heavy atom. The first kappa shape index (κ1) is 16.7. The Labute approximate surface area is 137 Å². The van der Waals surface area contributed by atoms with E-state index < -0.39 is 0 Å². The van der Waals surface area contributed by atoms with E-state index in [0.29, 0.717) is 12.1 Å². The van der Waals surface area contributed by atoms with E-state index in [9.17, 15) is 0 Å². The molecule has 1 aliphatic carbocycles. The van der Waals surface area contributed by atoms with Gasteiger partial charge in [0.1, 0.15) is 0 Å². The van der Waals surface area contributed by atoms with Gasteiger partial charge >= 0.3 is 0 Å². The van der Waals surface area contributed by atoms with Crippen molar-refractivity contribution in [3.63, 3.8) is 0 Å². The second-order valence-corrected chi connectivity index (χ2v) is 7.58. The minimum absolute atomic E-state index is 0.681. The maximum absolute atomic E-state index is 3.87. The molecule has 0 unspecified atom stereocenters. The average molecular weight is 309 g/mol. The van der Waals surface area contributed by atoms with Crippen molar-refractivity contribution in [2.75, 3.05) is 39.5 Å². The van der Waals surface area contributed by atoms with Crippen LogP contribution in [0.5, 0.6) is 0 Å². The second kappa shape index (κ2) is 9.21. The molecule has 4 heteroatoms. The number of nitrogens with one attached hydrogen (secondary N) is 2. The Bertz CT molecular complexity index is 267. The van der Waals surface area contributed by atoms with Crippen LogP contribution in [0.25, 0.3) is 0 Å². The summed E-state index contributed by atoms with van der Waals surface area (Å²) < 4.78 is 0. The van der Waals surface area contributed by atoms with Crippen LogP contribution in [0.1, 0.15) is 64.2 Å². The standard InChI is InChI=1S/C18H36N4/c1-5-11-21(12-6-1)15-19-17-9-3-4-10-18(17)20-16-22-13-7-2-8-14-22/h17-20H,1-16H2/t17-,18-/m1/s1. The zero-order chi connectivity index (χ0) is 15.0. The molecule has 128 valence electrons. The summed E-state index contributed by atoms with van der Waals surface area (Å²) in [5, 5.41) is 7.75. The van der Waals surface area contributed by atoms with E-state index in [0.717, 1.165) is 13.3 Å². The van der Waals surface area contributed by atoms with Crippen molar-refractivity contribution < 1.29 is 0 Å². The van der Waals surface area contributed by atoms with Gasteiger partial charge in [0, 0.05) is 25.4 Å². The zero-order valence-corrected chi connectivity index (χ0v) is 14.4. The van der Waals surface area contributed by atoms with E-state index in [1.54, 1.807) is 0 Å². The van der Waals surface area contributed by atoms with E-state index >= 15 is 0 Å². The molecule has 0 spiro atoms. The van der Waals surface area contributed by atoms with Gasteiger partial charge in [-0.25, -0.2) is 0 Å². The number of rotatable bonds is 6. The summed E-state index contributed by atoms with van der Waals surface area (Å²) in [6.45, 7) is 7.40. The van der Waals surface area contributed by atoms with Gasteiger partial charge in [-0.15, -0.1) is 0 Å². The van der Waals surface area contributed by atoms with E-state index in [1.807, 2.05) is 0 Å². The first-order valence-electron chi connectivity index (χ1n) is 9.83. The topological polar surface area (TPSA) is 30.5 Å². The molecule has 0 aromatic rings. The highest BCUT2D eigenvalue weighted by Gasteiger charge is 2.25. The Morgan fingerprint density at radius 1 is 0.545 bits per heavy atom. The van der Waals surface area contributed by atoms with Gasteiger partial charge in [0.2, 0.25) is 0 Å². The van der Waals surface area contributed by atoms with Crippen molar-refractivity contribution in [1.29, 1.82) is 0 Å². The third-order valence-electron chi connectivity index (χ3n) is 5.82. The molecule has 0 aromatic carbocycles. The van der Waals surface area contributed by atoms with Crippen LogP contribution in [0.15, 0.2) is 0 Å². The maximum atomic E-state index is 3.87. The monoisotopic (exact) mass is 308 g/mol. The molecule has 2 aliphatic heterocycles. The highest BCUT2D eigenvalue weighted by atomic mass is 15.3. The fraction of sp³-hybridized carbons (Fsp3) is 1.00. The smallest absolute Gasteiger partial charge is 0.0483 e. The van der Waals surface area contributed by atoms with Crippen LogP contribution in [0, 0.1) is 0 Å². The van der Waals surface area contributed by atoms with Gasteiger partial charge < -0.3 is 0 Å². The summed E-state index contributed by atoms with van der Waals surface area (Å²) in [5.74, 6) is 0. The molecule has 0 amide bonds. The molecule has 0 bridgehead atoms. The molecular weight excluding hydrogens is 272 g/mol. The maximum Gasteiger partial charge on any atom is 0.0483 e. The van der Waals surface area contributed by atoms with Gasteiger partial charge in [-0.05, 0) is 64.7 Å². The molecule has 3 fully saturated rings. The number of piperidine rings is 2. The van der Waals surface area contributed by atoms with Crippen LogP contribution >= 0.6 is 0 Å². The lowest BCUT2D eigenvalue weighted by Crippen LogP contribution is -2.55. The third kappa shape index (κ3) is 5.19. The van der Waals surface area contributed by atoms with Gasteiger partial charge in [0.15, 0.2) is 0 Å². The summed E-state index contributed by atoms with van der Waals surface area (Å²) in [5.41, 5.74) is 0. The molecule has 3 rings (SSSR count). The van der Waals surface area contributed by atoms with E-state index in [-0.39, 0.29) is 0 Å². The lowest BCUT2D eigenvalue weighted by Gasteiger charge is -2.37. The predicted octanol–water partition coefficient (Wildman–Crippen LogP) is 2.36. The lowest BCUT2D eigenvalue weighted by molar-refractivity contribution is 0.159. The average Bonchev–Trinajstić information content (AvgIpc) is 2.61. The summed E-state index contributed by atoms with van der Waals surface area (Å²) in [6.07, 6.45) is 13.9. The van der Waals surface area contributed by atoms with Crippen LogP contribution in [0.3, 0.4) is 0 Å². The molecule has 2 saturated heterocycles. The van der Waals surface area contributed by atoms with Gasteiger partial charge in [-0.1, -0.05) is 25.7 Å². The Balaban J connectivity index is 1.39. The van der Waals surface area contributed by atoms with Crippen LogP contribution in [-0.4, -0.2) is 61.4 Å². The normalized spacial score (nSPS) is 32.2. The summed E-state index contributed by atoms with van der Waals surface area (Å²) in [6, 6.07) is 1.36. The highest BCUT2D eigenvalue weighted by Crippen LogP contribution is 2.19. The van der Waals surface area contributed by atoms with Gasteiger partial charge in [0.05, 0.1) is 0 Å². The number of hydrogen-bond donors (Lipinski definition) is 2. The van der Waals surface area contributed by atoms with Crippen molar-refractivity contribution in [3.05, 3.63) is 0 Å². The molecule has 2 atom stereocenters. The SMILES string of the molecule is C1CCN(CN[C@@H]2CCCC[C@H]2NCN2CCCCC2)CC1. The number of likely N-dealkylation sites (tertiary alicyclic amines) is 2.